The van der Waals surface area contributed by atoms with Crippen LogP contribution >= 0.6 is 0 Å². The van der Waals surface area contributed by atoms with E-state index in [1.165, 1.54) is 6.07 Å². The third-order valence-electron chi connectivity index (χ3n) is 5.22. The fraction of sp³-hybridized carbons (Fsp3) is 0.167. The average Bonchev–Trinajstić information content (AvgIpc) is 3.09. The summed E-state index contributed by atoms with van der Waals surface area (Å²) in [5.74, 6) is 1.46. The first-order chi connectivity index (χ1) is 15.9. The van der Waals surface area contributed by atoms with E-state index >= 15 is 0 Å². The topological polar surface area (TPSA) is 106 Å². The van der Waals surface area contributed by atoms with Gasteiger partial charge < -0.3 is 20.1 Å². The van der Waals surface area contributed by atoms with Crippen LogP contribution in [0.3, 0.4) is 0 Å². The maximum atomic E-state index is 12.5. The van der Waals surface area contributed by atoms with Crippen molar-refractivity contribution in [2.24, 2.45) is 4.40 Å². The average molecular weight is 466 g/mol. The fourth-order valence-electron chi connectivity index (χ4n) is 3.51. The van der Waals surface area contributed by atoms with E-state index in [2.05, 4.69) is 15.0 Å². The number of fused-ring (bicyclic) bond motifs is 1. The number of amides is 1. The quantitative estimate of drug-likeness (QED) is 0.555. The molecule has 3 aromatic rings. The summed E-state index contributed by atoms with van der Waals surface area (Å²) in [6.07, 6.45) is 0.603. The Bertz CT molecular complexity index is 1320. The van der Waals surface area contributed by atoms with Crippen LogP contribution in [0.2, 0.25) is 0 Å². The first-order valence-electron chi connectivity index (χ1n) is 10.2. The smallest absolute Gasteiger partial charge is 0.285 e. The van der Waals surface area contributed by atoms with Crippen molar-refractivity contribution in [2.45, 2.75) is 11.3 Å². The van der Waals surface area contributed by atoms with Crippen LogP contribution in [0.25, 0.3) is 0 Å². The minimum Gasteiger partial charge on any atom is -0.497 e. The largest absolute Gasteiger partial charge is 0.497 e. The van der Waals surface area contributed by atoms with Gasteiger partial charge in [0.05, 0.1) is 14.2 Å². The van der Waals surface area contributed by atoms with Gasteiger partial charge in [-0.25, -0.2) is 0 Å². The highest BCUT2D eigenvalue weighted by atomic mass is 32.2. The van der Waals surface area contributed by atoms with Gasteiger partial charge in [0.25, 0.3) is 15.9 Å². The Kier molecular flexibility index (Phi) is 6.32. The SMILES string of the molecule is COc1ccc(CCNC(=O)c2ccc(NC3=NS(=O)(=O)c4ccccc43)cc2)c(OC)c1. The number of nitrogens with one attached hydrogen (secondary N) is 2. The van der Waals surface area contributed by atoms with Gasteiger partial charge in [0.1, 0.15) is 16.4 Å². The molecule has 0 unspecified atom stereocenters. The van der Waals surface area contributed by atoms with Crippen LogP contribution in [0.4, 0.5) is 5.69 Å². The minimum absolute atomic E-state index is 0.178. The van der Waals surface area contributed by atoms with Crippen molar-refractivity contribution in [3.05, 3.63) is 83.4 Å². The summed E-state index contributed by atoms with van der Waals surface area (Å²) in [7, 11) is -0.504. The molecule has 0 aromatic heterocycles. The number of benzene rings is 3. The molecule has 8 nitrogen and oxygen atoms in total. The number of carbonyl (C=O) groups excluding carboxylic acids is 1. The molecule has 0 bridgehead atoms. The second-order valence-electron chi connectivity index (χ2n) is 7.30. The molecule has 1 aliphatic rings. The molecular formula is C24H23N3O5S. The Morgan fingerprint density at radius 1 is 0.970 bits per heavy atom. The third kappa shape index (κ3) is 4.83. The van der Waals surface area contributed by atoms with Gasteiger partial charge in [0.15, 0.2) is 5.84 Å². The molecule has 9 heteroatoms. The number of amidine groups is 1. The van der Waals surface area contributed by atoms with Gasteiger partial charge in [-0.1, -0.05) is 18.2 Å². The van der Waals surface area contributed by atoms with Crippen LogP contribution in [-0.2, 0) is 16.4 Å². The van der Waals surface area contributed by atoms with Gasteiger partial charge in [-0.15, -0.1) is 4.40 Å². The molecule has 33 heavy (non-hydrogen) atoms. The molecule has 2 N–H and O–H groups in total. The number of nitrogens with zero attached hydrogens (tertiary/aromatic N) is 1. The molecule has 0 spiro atoms. The molecule has 0 radical (unpaired) electrons. The summed E-state index contributed by atoms with van der Waals surface area (Å²) in [5.41, 5.74) is 2.60. The lowest BCUT2D eigenvalue weighted by atomic mass is 10.1. The normalized spacial score (nSPS) is 13.6. The maximum Gasteiger partial charge on any atom is 0.285 e. The Balaban J connectivity index is 1.37. The minimum atomic E-state index is -3.69. The summed E-state index contributed by atoms with van der Waals surface area (Å²) in [6, 6.07) is 19.0. The summed E-state index contributed by atoms with van der Waals surface area (Å²) < 4.78 is 38.8. The van der Waals surface area contributed by atoms with Crippen LogP contribution in [0.15, 0.2) is 76.0 Å². The third-order valence-corrected chi connectivity index (χ3v) is 6.55. The van der Waals surface area contributed by atoms with Crippen LogP contribution in [0.5, 0.6) is 11.5 Å². The maximum absolute atomic E-state index is 12.5. The van der Waals surface area contributed by atoms with Crippen molar-refractivity contribution >= 4 is 27.5 Å². The summed E-state index contributed by atoms with van der Waals surface area (Å²) in [5, 5.41) is 5.91. The molecule has 1 amide bonds. The first-order valence-corrected chi connectivity index (χ1v) is 11.7. The molecule has 0 atom stereocenters. The zero-order chi connectivity index (χ0) is 23.4. The summed E-state index contributed by atoms with van der Waals surface area (Å²) >= 11 is 0. The molecular weight excluding hydrogens is 442 g/mol. The highest BCUT2D eigenvalue weighted by Crippen LogP contribution is 2.27. The molecule has 4 rings (SSSR count). The lowest BCUT2D eigenvalue weighted by Gasteiger charge is -2.11. The Morgan fingerprint density at radius 3 is 2.45 bits per heavy atom. The molecule has 0 fully saturated rings. The highest BCUT2D eigenvalue weighted by Gasteiger charge is 2.28. The lowest BCUT2D eigenvalue weighted by molar-refractivity contribution is 0.0954. The first kappa shape index (κ1) is 22.3. The molecule has 3 aromatic carbocycles. The van der Waals surface area contributed by atoms with Gasteiger partial charge in [0, 0.05) is 29.4 Å². The number of hydrogen-bond donors (Lipinski definition) is 2. The molecule has 0 saturated carbocycles. The number of hydrogen-bond acceptors (Lipinski definition) is 6. The number of sulfonamides is 1. The molecule has 1 heterocycles. The van der Waals surface area contributed by atoms with Crippen molar-refractivity contribution in [1.29, 1.82) is 0 Å². The number of anilines is 1. The number of carbonyl (C=O) groups is 1. The predicted molar refractivity (Wildman–Crippen MR) is 126 cm³/mol. The van der Waals surface area contributed by atoms with E-state index in [1.807, 2.05) is 12.1 Å². The van der Waals surface area contributed by atoms with Crippen molar-refractivity contribution in [3.8, 4) is 11.5 Å². The van der Waals surface area contributed by atoms with Crippen LogP contribution in [0, 0.1) is 0 Å². The van der Waals surface area contributed by atoms with Gasteiger partial charge in [0.2, 0.25) is 0 Å². The molecule has 0 saturated heterocycles. The van der Waals surface area contributed by atoms with E-state index in [0.29, 0.717) is 41.3 Å². The van der Waals surface area contributed by atoms with Crippen LogP contribution < -0.4 is 20.1 Å². The van der Waals surface area contributed by atoms with E-state index in [1.54, 1.807) is 62.8 Å². The standard InChI is InChI=1S/C24H23N3O5S/c1-31-19-12-9-16(21(15-19)32-2)13-14-25-24(28)17-7-10-18(11-8-17)26-23-20-5-3-4-6-22(20)33(29,30)27-23/h3-12,15H,13-14H2,1-2H3,(H,25,28)(H,26,27). The summed E-state index contributed by atoms with van der Waals surface area (Å²) in [4.78, 5) is 12.7. The van der Waals surface area contributed by atoms with Gasteiger partial charge in [-0.3, -0.25) is 4.79 Å². The second-order valence-corrected chi connectivity index (χ2v) is 8.87. The fourth-order valence-corrected chi connectivity index (χ4v) is 4.68. The van der Waals surface area contributed by atoms with Crippen LogP contribution in [0.1, 0.15) is 21.5 Å². The highest BCUT2D eigenvalue weighted by molar-refractivity contribution is 7.90. The monoisotopic (exact) mass is 465 g/mol. The lowest BCUT2D eigenvalue weighted by Crippen LogP contribution is -2.25. The Labute approximate surface area is 192 Å². The van der Waals surface area contributed by atoms with Crippen LogP contribution in [-0.4, -0.2) is 40.9 Å². The zero-order valence-corrected chi connectivity index (χ0v) is 19.0. The number of rotatable bonds is 7. The van der Waals surface area contributed by atoms with E-state index < -0.39 is 10.0 Å². The van der Waals surface area contributed by atoms with E-state index in [-0.39, 0.29) is 16.6 Å². The van der Waals surface area contributed by atoms with Crippen molar-refractivity contribution < 1.29 is 22.7 Å². The number of methoxy groups -OCH3 is 2. The Hall–Kier alpha value is -3.85. The molecule has 170 valence electrons. The number of ether oxygens (including phenoxy) is 2. The summed E-state index contributed by atoms with van der Waals surface area (Å²) in [6.45, 7) is 0.437. The van der Waals surface area contributed by atoms with Gasteiger partial charge in [-0.05, 0) is 54.4 Å². The van der Waals surface area contributed by atoms with Gasteiger partial charge in [-0.2, -0.15) is 8.42 Å². The Morgan fingerprint density at radius 2 is 1.73 bits per heavy atom. The predicted octanol–water partition coefficient (Wildman–Crippen LogP) is 3.24. The van der Waals surface area contributed by atoms with Crippen molar-refractivity contribution in [3.63, 3.8) is 0 Å². The zero-order valence-electron chi connectivity index (χ0n) is 18.2. The molecule has 1 aliphatic heterocycles. The molecule has 0 aliphatic carbocycles. The second kappa shape index (κ2) is 9.33. The van der Waals surface area contributed by atoms with Gasteiger partial charge >= 0.3 is 0 Å². The van der Waals surface area contributed by atoms with E-state index in [0.717, 1.165) is 5.56 Å². The van der Waals surface area contributed by atoms with E-state index in [9.17, 15) is 13.2 Å². The van der Waals surface area contributed by atoms with E-state index in [4.69, 9.17) is 9.47 Å². The van der Waals surface area contributed by atoms with Crippen molar-refractivity contribution in [1.82, 2.24) is 5.32 Å². The van der Waals surface area contributed by atoms with Crippen molar-refractivity contribution in [2.75, 3.05) is 26.1 Å².